The van der Waals surface area contributed by atoms with Crippen LogP contribution in [0.1, 0.15) is 51.9 Å². The first-order valence-corrected chi connectivity index (χ1v) is 8.43. The molecule has 4 heteroatoms. The molecule has 1 fully saturated rings. The smallest absolute Gasteiger partial charge is 0.226 e. The molecule has 3 rings (SSSR count). The summed E-state index contributed by atoms with van der Waals surface area (Å²) in [6, 6.07) is 8.38. The fourth-order valence-corrected chi connectivity index (χ4v) is 3.44. The molecule has 0 aliphatic carbocycles. The minimum Gasteiger partial charge on any atom is -0.332 e. The van der Waals surface area contributed by atoms with E-state index in [9.17, 15) is 4.79 Å². The van der Waals surface area contributed by atoms with Crippen LogP contribution in [0.5, 0.6) is 0 Å². The van der Waals surface area contributed by atoms with E-state index in [0.29, 0.717) is 0 Å². The lowest BCUT2D eigenvalue weighted by atomic mass is 10.1. The maximum Gasteiger partial charge on any atom is 0.226 e. The highest BCUT2D eigenvalue weighted by Gasteiger charge is 2.34. The number of likely N-dealkylation sites (tertiary alicyclic amines) is 1. The number of nitrogens with zero attached hydrogens (tertiary/aromatic N) is 3. The van der Waals surface area contributed by atoms with Crippen molar-refractivity contribution >= 4 is 16.9 Å². The Bertz CT molecular complexity index is 676. The van der Waals surface area contributed by atoms with Gasteiger partial charge in [-0.3, -0.25) is 4.79 Å². The molecule has 0 unspecified atom stereocenters. The summed E-state index contributed by atoms with van der Waals surface area (Å²) in [7, 11) is 0. The number of hydrogen-bond acceptors (Lipinski definition) is 2. The molecule has 2 aromatic rings. The summed E-state index contributed by atoms with van der Waals surface area (Å²) in [6.45, 7) is 8.00. The lowest BCUT2D eigenvalue weighted by molar-refractivity contribution is -0.136. The number of hydrogen-bond donors (Lipinski definition) is 0. The summed E-state index contributed by atoms with van der Waals surface area (Å²) >= 11 is 0. The Morgan fingerprint density at radius 2 is 2.14 bits per heavy atom. The highest BCUT2D eigenvalue weighted by atomic mass is 16.2. The largest absolute Gasteiger partial charge is 0.332 e. The minimum absolute atomic E-state index is 0.0973. The number of aromatic nitrogens is 2. The second-order valence-corrected chi connectivity index (χ2v) is 6.20. The van der Waals surface area contributed by atoms with Gasteiger partial charge < -0.3 is 9.47 Å². The third-order valence-corrected chi connectivity index (χ3v) is 4.87. The van der Waals surface area contributed by atoms with Crippen LogP contribution in [0.2, 0.25) is 0 Å². The quantitative estimate of drug-likeness (QED) is 0.862. The van der Waals surface area contributed by atoms with Gasteiger partial charge in [-0.25, -0.2) is 4.98 Å². The van der Waals surface area contributed by atoms with E-state index < -0.39 is 0 Å². The minimum atomic E-state index is 0.0973. The van der Waals surface area contributed by atoms with Gasteiger partial charge in [-0.05, 0) is 38.3 Å². The van der Waals surface area contributed by atoms with Gasteiger partial charge in [-0.15, -0.1) is 0 Å². The Labute approximate surface area is 132 Å². The van der Waals surface area contributed by atoms with Crippen LogP contribution in [-0.4, -0.2) is 26.9 Å². The Balaban J connectivity index is 2.00. The molecule has 2 heterocycles. The molecule has 1 aliphatic rings. The molecule has 1 aromatic carbocycles. The van der Waals surface area contributed by atoms with Gasteiger partial charge in [0.15, 0.2) is 0 Å². The molecule has 1 aliphatic heterocycles. The van der Waals surface area contributed by atoms with Gasteiger partial charge in [-0.1, -0.05) is 26.0 Å². The summed E-state index contributed by atoms with van der Waals surface area (Å²) in [5, 5.41) is 0. The number of carbonyl (C=O) groups is 1. The normalized spacial score (nSPS) is 19.8. The van der Waals surface area contributed by atoms with Gasteiger partial charge in [0.1, 0.15) is 5.82 Å². The average Bonchev–Trinajstić information content (AvgIpc) is 3.16. The van der Waals surface area contributed by atoms with Crippen LogP contribution in [0.15, 0.2) is 24.3 Å². The van der Waals surface area contributed by atoms with Crippen molar-refractivity contribution in [3.05, 3.63) is 30.1 Å². The fraction of sp³-hybridized carbons (Fsp3) is 0.556. The standard InChI is InChI=1S/C18H25N3O/c1-4-13(3)18(22)21-12-8-11-16(21)17-19-14-9-6-7-10-15(14)20(17)5-2/h6-7,9-10,13,16H,4-5,8,11-12H2,1-3H3/t13-,16+/m0/s1. The van der Waals surface area contributed by atoms with Crippen LogP contribution in [0.25, 0.3) is 11.0 Å². The topological polar surface area (TPSA) is 38.1 Å². The van der Waals surface area contributed by atoms with Crippen LogP contribution < -0.4 is 0 Å². The monoisotopic (exact) mass is 299 g/mol. The fourth-order valence-electron chi connectivity index (χ4n) is 3.44. The summed E-state index contributed by atoms with van der Waals surface area (Å²) in [5.74, 6) is 1.43. The van der Waals surface area contributed by atoms with Gasteiger partial charge in [-0.2, -0.15) is 0 Å². The second-order valence-electron chi connectivity index (χ2n) is 6.20. The van der Waals surface area contributed by atoms with Gasteiger partial charge in [0, 0.05) is 19.0 Å². The Hall–Kier alpha value is -1.84. The second kappa shape index (κ2) is 6.11. The Kier molecular flexibility index (Phi) is 4.19. The molecule has 0 bridgehead atoms. The number of fused-ring (bicyclic) bond motifs is 1. The first-order valence-electron chi connectivity index (χ1n) is 8.43. The third kappa shape index (κ3) is 2.40. The number of amides is 1. The van der Waals surface area contributed by atoms with E-state index in [1.54, 1.807) is 0 Å². The molecule has 0 N–H and O–H groups in total. The molecule has 2 atom stereocenters. The van der Waals surface area contributed by atoms with Gasteiger partial charge in [0.25, 0.3) is 0 Å². The number of aryl methyl sites for hydroxylation is 1. The van der Waals surface area contributed by atoms with Crippen molar-refractivity contribution in [1.82, 2.24) is 14.5 Å². The van der Waals surface area contributed by atoms with Crippen LogP contribution in [0.3, 0.4) is 0 Å². The van der Waals surface area contributed by atoms with E-state index in [-0.39, 0.29) is 17.9 Å². The highest BCUT2D eigenvalue weighted by molar-refractivity contribution is 5.80. The van der Waals surface area contributed by atoms with E-state index in [1.807, 2.05) is 13.0 Å². The maximum absolute atomic E-state index is 12.7. The van der Waals surface area contributed by atoms with Crippen molar-refractivity contribution in [2.75, 3.05) is 6.54 Å². The molecule has 118 valence electrons. The van der Waals surface area contributed by atoms with Crippen molar-refractivity contribution < 1.29 is 4.79 Å². The third-order valence-electron chi connectivity index (χ3n) is 4.87. The van der Waals surface area contributed by atoms with Crippen molar-refractivity contribution in [2.24, 2.45) is 5.92 Å². The molecule has 4 nitrogen and oxygen atoms in total. The van der Waals surface area contributed by atoms with Gasteiger partial charge in [0.2, 0.25) is 5.91 Å². The predicted octanol–water partition coefficient (Wildman–Crippen LogP) is 3.77. The highest BCUT2D eigenvalue weighted by Crippen LogP contribution is 2.34. The van der Waals surface area contributed by atoms with E-state index in [2.05, 4.69) is 41.5 Å². The van der Waals surface area contributed by atoms with E-state index in [1.165, 1.54) is 5.52 Å². The van der Waals surface area contributed by atoms with Crippen molar-refractivity contribution in [1.29, 1.82) is 0 Å². The number of benzene rings is 1. The number of carbonyl (C=O) groups excluding carboxylic acids is 1. The zero-order chi connectivity index (χ0) is 15.7. The van der Waals surface area contributed by atoms with Crippen LogP contribution >= 0.6 is 0 Å². The number of imidazole rings is 1. The molecular weight excluding hydrogens is 274 g/mol. The van der Waals surface area contributed by atoms with Crippen LogP contribution in [-0.2, 0) is 11.3 Å². The summed E-state index contributed by atoms with van der Waals surface area (Å²) in [4.78, 5) is 19.6. The predicted molar refractivity (Wildman–Crippen MR) is 88.6 cm³/mol. The number of para-hydroxylation sites is 2. The van der Waals surface area contributed by atoms with Gasteiger partial charge >= 0.3 is 0 Å². The summed E-state index contributed by atoms with van der Waals surface area (Å²) < 4.78 is 2.27. The zero-order valence-corrected chi connectivity index (χ0v) is 13.7. The van der Waals surface area contributed by atoms with Crippen LogP contribution in [0.4, 0.5) is 0 Å². The molecule has 0 spiro atoms. The molecule has 22 heavy (non-hydrogen) atoms. The molecule has 0 saturated carbocycles. The summed E-state index contributed by atoms with van der Waals surface area (Å²) in [6.07, 6.45) is 2.98. The summed E-state index contributed by atoms with van der Waals surface area (Å²) in [5.41, 5.74) is 2.20. The first kappa shape index (κ1) is 15.1. The molecular formula is C18H25N3O. The number of rotatable bonds is 4. The molecule has 0 radical (unpaired) electrons. The van der Waals surface area contributed by atoms with E-state index in [0.717, 1.165) is 43.7 Å². The van der Waals surface area contributed by atoms with Crippen molar-refractivity contribution in [3.8, 4) is 0 Å². The first-order chi connectivity index (χ1) is 10.7. The molecule has 1 amide bonds. The molecule has 1 aromatic heterocycles. The lowest BCUT2D eigenvalue weighted by Crippen LogP contribution is -2.35. The van der Waals surface area contributed by atoms with Crippen molar-refractivity contribution in [3.63, 3.8) is 0 Å². The van der Waals surface area contributed by atoms with Crippen molar-refractivity contribution in [2.45, 2.75) is 52.6 Å². The van der Waals surface area contributed by atoms with E-state index >= 15 is 0 Å². The SMILES string of the molecule is CC[C@H](C)C(=O)N1CCC[C@@H]1c1nc2ccccc2n1CC. The average molecular weight is 299 g/mol. The van der Waals surface area contributed by atoms with Crippen LogP contribution in [0, 0.1) is 5.92 Å². The Morgan fingerprint density at radius 1 is 1.36 bits per heavy atom. The Morgan fingerprint density at radius 3 is 2.86 bits per heavy atom. The molecule has 1 saturated heterocycles. The van der Waals surface area contributed by atoms with Gasteiger partial charge in [0.05, 0.1) is 17.1 Å². The zero-order valence-electron chi connectivity index (χ0n) is 13.7. The lowest BCUT2D eigenvalue weighted by Gasteiger charge is -2.27. The maximum atomic E-state index is 12.7. The van der Waals surface area contributed by atoms with E-state index in [4.69, 9.17) is 4.98 Å².